The Morgan fingerprint density at radius 2 is 1.83 bits per heavy atom. The zero-order chi connectivity index (χ0) is 12.5. The lowest BCUT2D eigenvalue weighted by molar-refractivity contribution is 0.679. The highest BCUT2D eigenvalue weighted by Crippen LogP contribution is 2.35. The van der Waals surface area contributed by atoms with Gasteiger partial charge in [-0.1, -0.05) is 48.2 Å². The Labute approximate surface area is 117 Å². The Morgan fingerprint density at radius 3 is 2.56 bits per heavy atom. The molecule has 0 spiro atoms. The second-order valence-corrected chi connectivity index (χ2v) is 5.53. The van der Waals surface area contributed by atoms with E-state index in [2.05, 4.69) is 5.10 Å². The first kappa shape index (κ1) is 12.1. The maximum atomic E-state index is 6.27. The zero-order valence-corrected chi connectivity index (χ0v) is 11.5. The number of nitrogens with zero attached hydrogens (tertiary/aromatic N) is 2. The Balaban J connectivity index is 2.00. The molecule has 2 aromatic rings. The topological polar surface area (TPSA) is 17.8 Å². The van der Waals surface area contributed by atoms with E-state index in [-0.39, 0.29) is 0 Å². The first-order chi connectivity index (χ1) is 8.75. The van der Waals surface area contributed by atoms with Crippen molar-refractivity contribution in [2.45, 2.75) is 31.6 Å². The summed E-state index contributed by atoms with van der Waals surface area (Å²) in [5, 5.41) is 5.92. The number of para-hydroxylation sites is 1. The molecule has 0 N–H and O–H groups in total. The van der Waals surface area contributed by atoms with E-state index in [0.29, 0.717) is 16.1 Å². The van der Waals surface area contributed by atoms with Gasteiger partial charge < -0.3 is 0 Å². The highest BCUT2D eigenvalue weighted by atomic mass is 35.5. The summed E-state index contributed by atoms with van der Waals surface area (Å²) < 4.78 is 1.73. The predicted molar refractivity (Wildman–Crippen MR) is 74.8 cm³/mol. The van der Waals surface area contributed by atoms with Gasteiger partial charge in [-0.2, -0.15) is 5.10 Å². The second kappa shape index (κ2) is 4.94. The van der Waals surface area contributed by atoms with Gasteiger partial charge in [-0.05, 0) is 31.0 Å². The molecule has 2 nitrogen and oxygen atoms in total. The molecule has 3 rings (SSSR count). The molecule has 0 aliphatic heterocycles. The molecule has 1 aromatic carbocycles. The van der Waals surface area contributed by atoms with Gasteiger partial charge in [-0.25, -0.2) is 4.68 Å². The summed E-state index contributed by atoms with van der Waals surface area (Å²) >= 11 is 12.5. The van der Waals surface area contributed by atoms with Crippen LogP contribution < -0.4 is 0 Å². The summed E-state index contributed by atoms with van der Waals surface area (Å²) in [5.74, 6) is 0.561. The van der Waals surface area contributed by atoms with Crippen LogP contribution in [0.15, 0.2) is 30.3 Å². The van der Waals surface area contributed by atoms with Gasteiger partial charge in [0.25, 0.3) is 0 Å². The van der Waals surface area contributed by atoms with E-state index in [0.717, 1.165) is 11.4 Å². The number of aromatic nitrogens is 2. The van der Waals surface area contributed by atoms with Crippen molar-refractivity contribution in [1.29, 1.82) is 0 Å². The minimum absolute atomic E-state index is 0.561. The van der Waals surface area contributed by atoms with Crippen LogP contribution in [0.1, 0.15) is 37.3 Å². The molecular formula is C14H14Cl2N2. The fraction of sp³-hybridized carbons (Fsp3) is 0.357. The van der Waals surface area contributed by atoms with Crippen LogP contribution in [0, 0.1) is 0 Å². The third-order valence-corrected chi connectivity index (χ3v) is 4.13. The van der Waals surface area contributed by atoms with E-state index < -0.39 is 0 Å². The summed E-state index contributed by atoms with van der Waals surface area (Å²) in [6.07, 6.45) is 5.02. The van der Waals surface area contributed by atoms with Crippen LogP contribution in [0.25, 0.3) is 5.69 Å². The predicted octanol–water partition coefficient (Wildman–Crippen LogP) is 4.84. The summed E-state index contributed by atoms with van der Waals surface area (Å²) in [7, 11) is 0. The minimum atomic E-state index is 0.561. The third kappa shape index (κ3) is 2.15. The van der Waals surface area contributed by atoms with Crippen molar-refractivity contribution < 1.29 is 0 Å². The van der Waals surface area contributed by atoms with Gasteiger partial charge in [-0.3, -0.25) is 0 Å². The number of benzene rings is 1. The average molecular weight is 281 g/mol. The molecule has 0 saturated heterocycles. The normalized spacial score (nSPS) is 16.3. The highest BCUT2D eigenvalue weighted by molar-refractivity contribution is 6.33. The molecule has 0 atom stereocenters. The van der Waals surface area contributed by atoms with E-state index in [1.54, 1.807) is 4.68 Å². The Kier molecular flexibility index (Phi) is 3.31. The number of halogens is 2. The first-order valence-corrected chi connectivity index (χ1v) is 7.01. The second-order valence-electron chi connectivity index (χ2n) is 4.74. The molecule has 94 valence electrons. The molecule has 0 radical (unpaired) electrons. The van der Waals surface area contributed by atoms with Gasteiger partial charge in [0.15, 0.2) is 0 Å². The molecule has 1 aliphatic rings. The Hall–Kier alpha value is -0.990. The number of hydrogen-bond donors (Lipinski definition) is 0. The molecular weight excluding hydrogens is 267 g/mol. The van der Waals surface area contributed by atoms with Crippen LogP contribution >= 0.6 is 23.2 Å². The van der Waals surface area contributed by atoms with Crippen molar-refractivity contribution in [3.8, 4) is 5.69 Å². The maximum Gasteiger partial charge on any atom is 0.133 e. The molecule has 1 saturated carbocycles. The average Bonchev–Trinajstić information content (AvgIpc) is 2.99. The molecule has 1 heterocycles. The minimum Gasteiger partial charge on any atom is -0.220 e. The van der Waals surface area contributed by atoms with Gasteiger partial charge in [0.05, 0.1) is 16.4 Å². The van der Waals surface area contributed by atoms with Crippen molar-refractivity contribution in [3.05, 3.63) is 46.2 Å². The lowest BCUT2D eigenvalue weighted by Crippen LogP contribution is -2.00. The molecule has 0 amide bonds. The third-order valence-electron chi connectivity index (χ3n) is 3.54. The fourth-order valence-corrected chi connectivity index (χ4v) is 3.05. The molecule has 0 bridgehead atoms. The summed E-state index contributed by atoms with van der Waals surface area (Å²) in [4.78, 5) is 0. The van der Waals surface area contributed by atoms with Crippen LogP contribution in [0.5, 0.6) is 0 Å². The van der Waals surface area contributed by atoms with Crippen LogP contribution in [0.4, 0.5) is 0 Å². The maximum absolute atomic E-state index is 6.27. The van der Waals surface area contributed by atoms with E-state index in [1.807, 2.05) is 30.3 Å². The van der Waals surface area contributed by atoms with Crippen LogP contribution in [-0.4, -0.2) is 9.78 Å². The van der Waals surface area contributed by atoms with Gasteiger partial charge in [0, 0.05) is 5.92 Å². The standard InChI is InChI=1S/C14H14Cl2N2/c15-11-7-3-4-8-13(11)18-14(16)9-12(17-18)10-5-1-2-6-10/h3-4,7-10H,1-2,5-6H2. The molecule has 1 aromatic heterocycles. The molecule has 0 unspecified atom stereocenters. The summed E-state index contributed by atoms with van der Waals surface area (Å²) in [6, 6.07) is 9.60. The van der Waals surface area contributed by atoms with Crippen molar-refractivity contribution in [3.63, 3.8) is 0 Å². The highest BCUT2D eigenvalue weighted by Gasteiger charge is 2.21. The lowest BCUT2D eigenvalue weighted by Gasteiger charge is -2.06. The van der Waals surface area contributed by atoms with Crippen LogP contribution in [0.2, 0.25) is 10.2 Å². The quantitative estimate of drug-likeness (QED) is 0.770. The number of hydrogen-bond acceptors (Lipinski definition) is 1. The van der Waals surface area contributed by atoms with Gasteiger partial charge >= 0.3 is 0 Å². The van der Waals surface area contributed by atoms with Crippen LogP contribution in [-0.2, 0) is 0 Å². The smallest absolute Gasteiger partial charge is 0.133 e. The Morgan fingerprint density at radius 1 is 1.11 bits per heavy atom. The molecule has 18 heavy (non-hydrogen) atoms. The molecule has 1 fully saturated rings. The van der Waals surface area contributed by atoms with Gasteiger partial charge in [0.1, 0.15) is 5.15 Å². The number of rotatable bonds is 2. The van der Waals surface area contributed by atoms with E-state index in [1.165, 1.54) is 25.7 Å². The first-order valence-electron chi connectivity index (χ1n) is 6.26. The van der Waals surface area contributed by atoms with Crippen molar-refractivity contribution in [2.24, 2.45) is 0 Å². The van der Waals surface area contributed by atoms with E-state index in [9.17, 15) is 0 Å². The largest absolute Gasteiger partial charge is 0.220 e. The van der Waals surface area contributed by atoms with Crippen molar-refractivity contribution in [2.75, 3.05) is 0 Å². The lowest BCUT2D eigenvalue weighted by atomic mass is 10.1. The molecule has 1 aliphatic carbocycles. The zero-order valence-electron chi connectivity index (χ0n) is 9.94. The van der Waals surface area contributed by atoms with Gasteiger partial charge in [0.2, 0.25) is 0 Å². The van der Waals surface area contributed by atoms with E-state index >= 15 is 0 Å². The molecule has 4 heteroatoms. The van der Waals surface area contributed by atoms with Gasteiger partial charge in [-0.15, -0.1) is 0 Å². The summed E-state index contributed by atoms with van der Waals surface area (Å²) in [6.45, 7) is 0. The van der Waals surface area contributed by atoms with E-state index in [4.69, 9.17) is 23.2 Å². The SMILES string of the molecule is Clc1ccccc1-n1nc(C2CCCC2)cc1Cl. The van der Waals surface area contributed by atoms with Crippen LogP contribution in [0.3, 0.4) is 0 Å². The fourth-order valence-electron chi connectivity index (χ4n) is 2.59. The summed E-state index contributed by atoms with van der Waals surface area (Å²) in [5.41, 5.74) is 1.94. The van der Waals surface area contributed by atoms with Crippen molar-refractivity contribution in [1.82, 2.24) is 9.78 Å². The monoisotopic (exact) mass is 280 g/mol. The van der Waals surface area contributed by atoms with Crippen molar-refractivity contribution >= 4 is 23.2 Å². The Bertz CT molecular complexity index is 557.